The van der Waals surface area contributed by atoms with Crippen molar-refractivity contribution in [1.29, 1.82) is 0 Å². The predicted octanol–water partition coefficient (Wildman–Crippen LogP) is -4.07. The second kappa shape index (κ2) is 16.2. The summed E-state index contributed by atoms with van der Waals surface area (Å²) in [6.07, 6.45) is 1.35. The molecule has 0 spiro atoms. The number of carbonyl (C=O) groups is 5. The number of unbranched alkanes of at least 4 members (excludes halogenated alkanes) is 1. The number of hydrogen-bond acceptors (Lipinski definition) is 8. The summed E-state index contributed by atoms with van der Waals surface area (Å²) in [5.74, 6) is -4.56. The Hall–Kier alpha value is -3.46. The minimum Gasteiger partial charge on any atom is -0.480 e. The van der Waals surface area contributed by atoms with Gasteiger partial charge in [0.1, 0.15) is 18.1 Å². The van der Waals surface area contributed by atoms with Crippen molar-refractivity contribution in [2.75, 3.05) is 13.1 Å². The lowest BCUT2D eigenvalue weighted by Crippen LogP contribution is -2.57. The molecule has 15 heteroatoms. The molecule has 34 heavy (non-hydrogen) atoms. The van der Waals surface area contributed by atoms with Gasteiger partial charge in [0.2, 0.25) is 23.6 Å². The highest BCUT2D eigenvalue weighted by Gasteiger charge is 2.30. The fraction of sp³-hybridized carbons (Fsp3) is 0.684. The van der Waals surface area contributed by atoms with Gasteiger partial charge < -0.3 is 49.7 Å². The topological polar surface area (TPSA) is 284 Å². The minimum absolute atomic E-state index is 0.0815. The van der Waals surface area contributed by atoms with Crippen LogP contribution in [0.5, 0.6) is 0 Å². The summed E-state index contributed by atoms with van der Waals surface area (Å²) in [7, 11) is 0. The molecule has 0 aromatic rings. The number of nitrogens with one attached hydrogen (secondary N) is 3. The Morgan fingerprint density at radius 2 is 1.44 bits per heavy atom. The molecule has 0 fully saturated rings. The molecule has 4 atom stereocenters. The van der Waals surface area contributed by atoms with Gasteiger partial charge in [-0.25, -0.2) is 0 Å². The number of nitrogens with zero attached hydrogens (tertiary/aromatic N) is 1. The van der Waals surface area contributed by atoms with Crippen molar-refractivity contribution in [3.05, 3.63) is 0 Å². The Morgan fingerprint density at radius 3 is 1.97 bits per heavy atom. The molecule has 0 aliphatic carbocycles. The number of aliphatic imine (C=N–C) groups is 1. The summed E-state index contributed by atoms with van der Waals surface area (Å²) in [6.45, 7) is 1.86. The number of nitrogens with two attached hydrogens (primary N) is 5. The lowest BCUT2D eigenvalue weighted by atomic mass is 10.1. The molecule has 15 nitrogen and oxygen atoms in total. The van der Waals surface area contributed by atoms with Gasteiger partial charge >= 0.3 is 5.97 Å². The Morgan fingerprint density at radius 1 is 0.853 bits per heavy atom. The SMILES string of the molecule is CC(NC(=O)C(CC(N)=O)NC(=O)C(CCCCN)NC(=O)C(N)CCCN=C(N)N)C(=O)O. The second-order valence-corrected chi connectivity index (χ2v) is 7.70. The molecular weight excluding hydrogens is 450 g/mol. The molecule has 194 valence electrons. The van der Waals surface area contributed by atoms with Gasteiger partial charge in [-0.1, -0.05) is 0 Å². The fourth-order valence-electron chi connectivity index (χ4n) is 2.75. The van der Waals surface area contributed by atoms with E-state index >= 15 is 0 Å². The predicted molar refractivity (Wildman–Crippen MR) is 124 cm³/mol. The highest BCUT2D eigenvalue weighted by molar-refractivity contribution is 5.96. The van der Waals surface area contributed by atoms with E-state index < -0.39 is 60.2 Å². The van der Waals surface area contributed by atoms with Crippen molar-refractivity contribution in [2.45, 2.75) is 69.6 Å². The monoisotopic (exact) mass is 487 g/mol. The van der Waals surface area contributed by atoms with Crippen molar-refractivity contribution in [1.82, 2.24) is 16.0 Å². The van der Waals surface area contributed by atoms with Crippen LogP contribution >= 0.6 is 0 Å². The van der Waals surface area contributed by atoms with Gasteiger partial charge in [-0.2, -0.15) is 0 Å². The molecule has 14 N–H and O–H groups in total. The third kappa shape index (κ3) is 13.2. The van der Waals surface area contributed by atoms with Crippen molar-refractivity contribution >= 4 is 35.6 Å². The summed E-state index contributed by atoms with van der Waals surface area (Å²) in [5, 5.41) is 16.0. The van der Waals surface area contributed by atoms with Crippen molar-refractivity contribution in [3.63, 3.8) is 0 Å². The molecule has 0 radical (unpaired) electrons. The molecule has 0 saturated heterocycles. The number of carbonyl (C=O) groups excluding carboxylic acids is 4. The number of hydrogen-bond donors (Lipinski definition) is 9. The average molecular weight is 488 g/mol. The first kappa shape index (κ1) is 30.5. The zero-order valence-corrected chi connectivity index (χ0v) is 19.3. The summed E-state index contributed by atoms with van der Waals surface area (Å²) >= 11 is 0. The van der Waals surface area contributed by atoms with E-state index in [0.29, 0.717) is 25.8 Å². The molecule has 0 heterocycles. The number of amides is 4. The number of carboxylic acid groups (broad SMARTS) is 1. The molecule has 4 unspecified atom stereocenters. The zero-order valence-electron chi connectivity index (χ0n) is 19.3. The van der Waals surface area contributed by atoms with Gasteiger partial charge in [-0.15, -0.1) is 0 Å². The van der Waals surface area contributed by atoms with Crippen LogP contribution in [0.15, 0.2) is 4.99 Å². The van der Waals surface area contributed by atoms with Gasteiger partial charge in [0.25, 0.3) is 0 Å². The minimum atomic E-state index is -1.44. The van der Waals surface area contributed by atoms with Crippen LogP contribution in [0, 0.1) is 0 Å². The van der Waals surface area contributed by atoms with E-state index in [2.05, 4.69) is 20.9 Å². The van der Waals surface area contributed by atoms with Crippen LogP contribution in [0.25, 0.3) is 0 Å². The van der Waals surface area contributed by atoms with Gasteiger partial charge in [-0.05, 0) is 45.6 Å². The van der Waals surface area contributed by atoms with Gasteiger partial charge in [-0.3, -0.25) is 29.0 Å². The molecule has 0 aromatic carbocycles. The van der Waals surface area contributed by atoms with Crippen LogP contribution in [0.3, 0.4) is 0 Å². The fourth-order valence-corrected chi connectivity index (χ4v) is 2.75. The Bertz CT molecular complexity index is 742. The van der Waals surface area contributed by atoms with Crippen molar-refractivity contribution in [2.24, 2.45) is 33.7 Å². The molecule has 4 amide bonds. The molecule has 0 aromatic heterocycles. The summed E-state index contributed by atoms with van der Waals surface area (Å²) in [6, 6.07) is -4.73. The first-order chi connectivity index (χ1) is 15.9. The smallest absolute Gasteiger partial charge is 0.325 e. The lowest BCUT2D eigenvalue weighted by molar-refractivity contribution is -0.142. The van der Waals surface area contributed by atoms with Crippen LogP contribution in [0.2, 0.25) is 0 Å². The van der Waals surface area contributed by atoms with Gasteiger partial charge in [0, 0.05) is 6.54 Å². The maximum absolute atomic E-state index is 12.9. The molecule has 0 aliphatic rings. The number of carboxylic acids is 1. The average Bonchev–Trinajstić information content (AvgIpc) is 2.74. The van der Waals surface area contributed by atoms with Crippen LogP contribution in [0.1, 0.15) is 45.4 Å². The normalized spacial score (nSPS) is 14.1. The van der Waals surface area contributed by atoms with E-state index in [0.717, 1.165) is 0 Å². The van der Waals surface area contributed by atoms with Crippen LogP contribution < -0.4 is 44.6 Å². The van der Waals surface area contributed by atoms with E-state index in [1.807, 2.05) is 0 Å². The first-order valence-electron chi connectivity index (χ1n) is 10.8. The summed E-state index contributed by atoms with van der Waals surface area (Å²) < 4.78 is 0. The molecule has 0 saturated carbocycles. The first-order valence-corrected chi connectivity index (χ1v) is 10.8. The Kier molecular flexibility index (Phi) is 14.6. The number of primary amides is 1. The third-order valence-corrected chi connectivity index (χ3v) is 4.65. The maximum atomic E-state index is 12.9. The van der Waals surface area contributed by atoms with E-state index in [9.17, 15) is 24.0 Å². The Balaban J connectivity index is 5.28. The number of rotatable bonds is 17. The van der Waals surface area contributed by atoms with Crippen LogP contribution in [-0.4, -0.2) is 77.9 Å². The summed E-state index contributed by atoms with van der Waals surface area (Å²) in [4.78, 5) is 63.9. The standard InChI is InChI=1S/C19H37N9O6/c1-10(18(33)34)26-17(32)13(9-14(22)29)28-16(31)12(6-2-3-7-20)27-15(30)11(21)5-4-8-25-19(23)24/h10-13H,2-9,20-21H2,1H3,(H2,22,29)(H,26,32)(H,27,30)(H,28,31)(H,33,34)(H4,23,24,25). The Labute approximate surface area is 197 Å². The summed E-state index contributed by atoms with van der Waals surface area (Å²) in [5.41, 5.74) is 27.0. The van der Waals surface area contributed by atoms with E-state index in [-0.39, 0.29) is 25.3 Å². The highest BCUT2D eigenvalue weighted by atomic mass is 16.4. The molecule has 0 bridgehead atoms. The highest BCUT2D eigenvalue weighted by Crippen LogP contribution is 2.05. The molecule has 0 aliphatic heterocycles. The van der Waals surface area contributed by atoms with Crippen molar-refractivity contribution in [3.8, 4) is 0 Å². The largest absolute Gasteiger partial charge is 0.480 e. The van der Waals surface area contributed by atoms with Crippen molar-refractivity contribution < 1.29 is 29.1 Å². The zero-order chi connectivity index (χ0) is 26.3. The number of aliphatic carboxylic acids is 1. The van der Waals surface area contributed by atoms with E-state index in [1.165, 1.54) is 6.92 Å². The quantitative estimate of drug-likeness (QED) is 0.0543. The van der Waals surface area contributed by atoms with E-state index in [1.54, 1.807) is 0 Å². The second-order valence-electron chi connectivity index (χ2n) is 7.70. The van der Waals surface area contributed by atoms with E-state index in [4.69, 9.17) is 33.8 Å². The molecular formula is C19H37N9O6. The number of guanidine groups is 1. The lowest BCUT2D eigenvalue weighted by Gasteiger charge is -2.24. The molecule has 0 rings (SSSR count). The van der Waals surface area contributed by atoms with Gasteiger partial charge in [0.15, 0.2) is 5.96 Å². The van der Waals surface area contributed by atoms with Gasteiger partial charge in [0.05, 0.1) is 12.5 Å². The maximum Gasteiger partial charge on any atom is 0.325 e. The van der Waals surface area contributed by atoms with Crippen LogP contribution in [0.4, 0.5) is 0 Å². The third-order valence-electron chi connectivity index (χ3n) is 4.65. The van der Waals surface area contributed by atoms with Crippen LogP contribution in [-0.2, 0) is 24.0 Å².